The molecule has 0 radical (unpaired) electrons. The van der Waals surface area contributed by atoms with Gasteiger partial charge in [0.25, 0.3) is 5.91 Å². The van der Waals surface area contributed by atoms with E-state index in [4.69, 9.17) is 4.74 Å². The average Bonchev–Trinajstić information content (AvgIpc) is 2.74. The Morgan fingerprint density at radius 2 is 1.79 bits per heavy atom. The summed E-state index contributed by atoms with van der Waals surface area (Å²) in [6, 6.07) is 19.4. The number of anilines is 1. The minimum absolute atomic E-state index is 0.236. The lowest BCUT2D eigenvalue weighted by molar-refractivity contribution is 0.0945. The molecule has 28 heavy (non-hydrogen) atoms. The molecule has 2 aromatic carbocycles. The lowest BCUT2D eigenvalue weighted by Crippen LogP contribution is -2.24. The normalized spacial score (nSPS) is 10.4. The molecule has 1 aromatic heterocycles. The number of aromatic nitrogens is 2. The number of nitrogens with one attached hydrogen (secondary N) is 2. The van der Waals surface area contributed by atoms with E-state index < -0.39 is 0 Å². The number of amides is 1. The number of hydrogen-bond acceptors (Lipinski definition) is 5. The van der Waals surface area contributed by atoms with Gasteiger partial charge in [-0.2, -0.15) is 0 Å². The van der Waals surface area contributed by atoms with Crippen LogP contribution in [-0.4, -0.2) is 29.8 Å². The molecule has 0 saturated heterocycles. The maximum Gasteiger partial charge on any atom is 0.272 e. The van der Waals surface area contributed by atoms with Crippen molar-refractivity contribution in [3.63, 3.8) is 0 Å². The number of hydrogen-bond donors (Lipinski definition) is 2. The van der Waals surface area contributed by atoms with E-state index in [1.54, 1.807) is 19.2 Å². The van der Waals surface area contributed by atoms with E-state index in [2.05, 4.69) is 20.8 Å². The molecule has 3 rings (SSSR count). The van der Waals surface area contributed by atoms with Crippen molar-refractivity contribution in [2.45, 2.75) is 19.9 Å². The monoisotopic (exact) mass is 376 g/mol. The van der Waals surface area contributed by atoms with Crippen LogP contribution in [-0.2, 0) is 13.0 Å². The topological polar surface area (TPSA) is 76.1 Å². The van der Waals surface area contributed by atoms with Crippen LogP contribution in [0.25, 0.3) is 0 Å². The van der Waals surface area contributed by atoms with Crippen LogP contribution >= 0.6 is 0 Å². The van der Waals surface area contributed by atoms with E-state index in [0.717, 1.165) is 29.8 Å². The van der Waals surface area contributed by atoms with Gasteiger partial charge in [-0.3, -0.25) is 4.79 Å². The molecular weight excluding hydrogens is 352 g/mol. The van der Waals surface area contributed by atoms with Crippen molar-refractivity contribution in [2.75, 3.05) is 19.0 Å². The van der Waals surface area contributed by atoms with Gasteiger partial charge in [0, 0.05) is 13.1 Å². The number of aryl methyl sites for hydroxylation is 1. The smallest absolute Gasteiger partial charge is 0.272 e. The number of methoxy groups -OCH3 is 1. The van der Waals surface area contributed by atoms with E-state index in [1.165, 1.54) is 5.56 Å². The van der Waals surface area contributed by atoms with Crippen molar-refractivity contribution in [1.82, 2.24) is 15.5 Å². The lowest BCUT2D eigenvalue weighted by atomic mass is 10.1. The molecule has 0 fully saturated rings. The quantitative estimate of drug-likeness (QED) is 0.630. The summed E-state index contributed by atoms with van der Waals surface area (Å²) in [7, 11) is 1.65. The maximum absolute atomic E-state index is 12.2. The SMILES string of the molecule is COc1ccc(CCNc2ccc(C(=O)NCc3ccccc3C)nn2)cc1. The number of benzene rings is 2. The van der Waals surface area contributed by atoms with Gasteiger partial charge in [0.1, 0.15) is 11.6 Å². The standard InChI is InChI=1S/C22H24N4O2/c1-16-5-3-4-6-18(16)15-24-22(27)20-11-12-21(26-25-20)23-14-13-17-7-9-19(28-2)10-8-17/h3-12H,13-15H2,1-2H3,(H,23,26)(H,24,27). The Kier molecular flexibility index (Phi) is 6.57. The van der Waals surface area contributed by atoms with E-state index in [-0.39, 0.29) is 5.91 Å². The second kappa shape index (κ2) is 9.50. The molecule has 144 valence electrons. The molecule has 1 amide bonds. The Balaban J connectivity index is 1.47. The van der Waals surface area contributed by atoms with Crippen molar-refractivity contribution in [2.24, 2.45) is 0 Å². The van der Waals surface area contributed by atoms with Gasteiger partial charge in [-0.15, -0.1) is 10.2 Å². The summed E-state index contributed by atoms with van der Waals surface area (Å²) in [5, 5.41) is 14.2. The fourth-order valence-corrected chi connectivity index (χ4v) is 2.75. The molecule has 0 bridgehead atoms. The third-order valence-electron chi connectivity index (χ3n) is 4.48. The molecule has 6 nitrogen and oxygen atoms in total. The van der Waals surface area contributed by atoms with Crippen LogP contribution < -0.4 is 15.4 Å². The Morgan fingerprint density at radius 3 is 2.46 bits per heavy atom. The highest BCUT2D eigenvalue weighted by Crippen LogP contribution is 2.12. The molecule has 0 unspecified atom stereocenters. The van der Waals surface area contributed by atoms with Gasteiger partial charge >= 0.3 is 0 Å². The molecule has 3 aromatic rings. The molecule has 0 saturated carbocycles. The van der Waals surface area contributed by atoms with Gasteiger partial charge in [0.15, 0.2) is 5.69 Å². The van der Waals surface area contributed by atoms with E-state index in [1.807, 2.05) is 55.5 Å². The highest BCUT2D eigenvalue weighted by atomic mass is 16.5. The lowest BCUT2D eigenvalue weighted by Gasteiger charge is -2.08. The second-order valence-corrected chi connectivity index (χ2v) is 6.44. The van der Waals surface area contributed by atoms with Crippen LogP contribution in [0.4, 0.5) is 5.82 Å². The third-order valence-corrected chi connectivity index (χ3v) is 4.48. The molecule has 1 heterocycles. The van der Waals surface area contributed by atoms with Gasteiger partial charge in [0.05, 0.1) is 7.11 Å². The number of carbonyl (C=O) groups excluding carboxylic acids is 1. The van der Waals surface area contributed by atoms with Crippen LogP contribution in [0.3, 0.4) is 0 Å². The fourth-order valence-electron chi connectivity index (χ4n) is 2.75. The Labute approximate surface area is 165 Å². The van der Waals surface area contributed by atoms with Gasteiger partial charge in [0.2, 0.25) is 0 Å². The molecule has 0 aliphatic carbocycles. The van der Waals surface area contributed by atoms with Crippen LogP contribution in [0.2, 0.25) is 0 Å². The summed E-state index contributed by atoms with van der Waals surface area (Å²) < 4.78 is 5.16. The summed E-state index contributed by atoms with van der Waals surface area (Å²) in [5.74, 6) is 1.25. The van der Waals surface area contributed by atoms with Crippen molar-refractivity contribution in [3.05, 3.63) is 83.0 Å². The Bertz CT molecular complexity index is 909. The minimum atomic E-state index is -0.236. The highest BCUT2D eigenvalue weighted by molar-refractivity contribution is 5.92. The summed E-state index contributed by atoms with van der Waals surface area (Å²) in [6.07, 6.45) is 0.852. The van der Waals surface area contributed by atoms with Gasteiger partial charge in [-0.1, -0.05) is 36.4 Å². The van der Waals surface area contributed by atoms with Crippen molar-refractivity contribution >= 4 is 11.7 Å². The Morgan fingerprint density at radius 1 is 1.00 bits per heavy atom. The molecule has 2 N–H and O–H groups in total. The number of nitrogens with zero attached hydrogens (tertiary/aromatic N) is 2. The molecular formula is C22H24N4O2. The van der Waals surface area contributed by atoms with Gasteiger partial charge in [-0.25, -0.2) is 0 Å². The first kappa shape index (κ1) is 19.4. The number of ether oxygens (including phenoxy) is 1. The fraction of sp³-hybridized carbons (Fsp3) is 0.227. The zero-order valence-electron chi connectivity index (χ0n) is 16.1. The predicted octanol–water partition coefficient (Wildman–Crippen LogP) is 3.38. The highest BCUT2D eigenvalue weighted by Gasteiger charge is 2.08. The number of rotatable bonds is 8. The zero-order chi connectivity index (χ0) is 19.8. The first-order valence-electron chi connectivity index (χ1n) is 9.19. The van der Waals surface area contributed by atoms with Crippen LogP contribution in [0, 0.1) is 6.92 Å². The predicted molar refractivity (Wildman–Crippen MR) is 110 cm³/mol. The summed E-state index contributed by atoms with van der Waals surface area (Å²) in [5.41, 5.74) is 3.73. The van der Waals surface area contributed by atoms with Crippen molar-refractivity contribution in [3.8, 4) is 5.75 Å². The van der Waals surface area contributed by atoms with E-state index >= 15 is 0 Å². The zero-order valence-corrected chi connectivity index (χ0v) is 16.1. The molecule has 0 spiro atoms. The van der Waals surface area contributed by atoms with Crippen LogP contribution in [0.15, 0.2) is 60.7 Å². The van der Waals surface area contributed by atoms with E-state index in [0.29, 0.717) is 18.1 Å². The Hall–Kier alpha value is -3.41. The average molecular weight is 376 g/mol. The summed E-state index contributed by atoms with van der Waals surface area (Å²) >= 11 is 0. The van der Waals surface area contributed by atoms with Crippen LogP contribution in [0.1, 0.15) is 27.2 Å². The van der Waals surface area contributed by atoms with Crippen molar-refractivity contribution < 1.29 is 9.53 Å². The third kappa shape index (κ3) is 5.30. The van der Waals surface area contributed by atoms with Gasteiger partial charge < -0.3 is 15.4 Å². The largest absolute Gasteiger partial charge is 0.497 e. The van der Waals surface area contributed by atoms with Gasteiger partial charge in [-0.05, 0) is 54.3 Å². The van der Waals surface area contributed by atoms with Crippen molar-refractivity contribution in [1.29, 1.82) is 0 Å². The molecule has 0 aliphatic rings. The first-order valence-corrected chi connectivity index (χ1v) is 9.19. The molecule has 0 atom stereocenters. The molecule has 0 aliphatic heterocycles. The first-order chi connectivity index (χ1) is 13.7. The maximum atomic E-state index is 12.2. The summed E-state index contributed by atoms with van der Waals surface area (Å²) in [4.78, 5) is 12.2. The van der Waals surface area contributed by atoms with E-state index in [9.17, 15) is 4.79 Å². The second-order valence-electron chi connectivity index (χ2n) is 6.44. The minimum Gasteiger partial charge on any atom is -0.497 e. The molecule has 6 heteroatoms. The van der Waals surface area contributed by atoms with Crippen LogP contribution in [0.5, 0.6) is 5.75 Å². The number of carbonyl (C=O) groups is 1. The summed E-state index contributed by atoms with van der Waals surface area (Å²) in [6.45, 7) is 3.21.